The van der Waals surface area contributed by atoms with Gasteiger partial charge in [0.05, 0.1) is 29.5 Å². The van der Waals surface area contributed by atoms with Crippen LogP contribution in [0, 0.1) is 6.92 Å². The number of nitrogens with zero attached hydrogens (tertiary/aromatic N) is 5. The number of amides is 3. The monoisotopic (exact) mass is 539 g/mol. The summed E-state index contributed by atoms with van der Waals surface area (Å²) in [6.07, 6.45) is 3.20. The molecule has 1 aliphatic carbocycles. The summed E-state index contributed by atoms with van der Waals surface area (Å²) in [7, 11) is 1.76. The van der Waals surface area contributed by atoms with E-state index < -0.39 is 5.72 Å². The van der Waals surface area contributed by atoms with E-state index in [1.807, 2.05) is 39.7 Å². The third-order valence-electron chi connectivity index (χ3n) is 7.41. The lowest BCUT2D eigenvalue weighted by Gasteiger charge is -2.34. The highest BCUT2D eigenvalue weighted by Gasteiger charge is 2.65. The molecule has 10 nitrogen and oxygen atoms in total. The van der Waals surface area contributed by atoms with Crippen molar-refractivity contribution in [3.63, 3.8) is 0 Å². The molecule has 35 heavy (non-hydrogen) atoms. The fraction of sp³-hybridized carbons (Fsp3) is 0.417. The normalized spacial score (nSPS) is 26.8. The molecule has 2 N–H and O–H groups in total. The number of urea groups is 1. The van der Waals surface area contributed by atoms with Crippen molar-refractivity contribution in [2.75, 3.05) is 13.7 Å². The van der Waals surface area contributed by atoms with E-state index in [0.717, 1.165) is 15.9 Å². The summed E-state index contributed by atoms with van der Waals surface area (Å²) in [5, 5.41) is 14.7. The first kappa shape index (κ1) is 22.3. The van der Waals surface area contributed by atoms with Gasteiger partial charge < -0.3 is 19.9 Å². The number of likely N-dealkylation sites (N-methyl/N-ethyl adjacent to an activating group) is 1. The Balaban J connectivity index is 1.16. The molecule has 0 spiro atoms. The maximum atomic E-state index is 12.7. The number of rotatable bonds is 6. The lowest BCUT2D eigenvalue weighted by atomic mass is 10.0. The molecular weight excluding hydrogens is 514 g/mol. The van der Waals surface area contributed by atoms with Crippen LogP contribution in [-0.4, -0.2) is 67.9 Å². The van der Waals surface area contributed by atoms with Gasteiger partial charge in [0.2, 0.25) is 0 Å². The van der Waals surface area contributed by atoms with Crippen molar-refractivity contribution in [1.29, 1.82) is 0 Å². The highest BCUT2D eigenvalue weighted by molar-refractivity contribution is 9.10. The number of hydrogen-bond donors (Lipinski definition) is 2. The number of ether oxygens (including phenoxy) is 1. The number of nitrogens with one attached hydrogen (secondary N) is 2. The van der Waals surface area contributed by atoms with Gasteiger partial charge in [0, 0.05) is 25.6 Å². The van der Waals surface area contributed by atoms with E-state index in [4.69, 9.17) is 4.74 Å². The van der Waals surface area contributed by atoms with Crippen LogP contribution >= 0.6 is 15.9 Å². The van der Waals surface area contributed by atoms with Crippen molar-refractivity contribution >= 4 is 27.9 Å². The highest BCUT2D eigenvalue weighted by atomic mass is 79.9. The van der Waals surface area contributed by atoms with Crippen LogP contribution in [0.4, 0.5) is 4.79 Å². The van der Waals surface area contributed by atoms with Crippen molar-refractivity contribution in [1.82, 2.24) is 35.1 Å². The summed E-state index contributed by atoms with van der Waals surface area (Å²) in [6.45, 7) is 3.13. The number of carbonyl (C=O) groups is 2. The molecule has 3 amide bonds. The summed E-state index contributed by atoms with van der Waals surface area (Å²) in [5.41, 5.74) is 2.83. The Hall–Kier alpha value is -3.18. The average Bonchev–Trinajstić information content (AvgIpc) is 3.58. The second-order valence-electron chi connectivity index (χ2n) is 9.45. The van der Waals surface area contributed by atoms with Gasteiger partial charge in [-0.2, -0.15) is 0 Å². The van der Waals surface area contributed by atoms with E-state index in [-0.39, 0.29) is 30.1 Å². The molecule has 1 saturated carbocycles. The number of hydrogen-bond acceptors (Lipinski definition) is 5. The van der Waals surface area contributed by atoms with Crippen molar-refractivity contribution < 1.29 is 14.3 Å². The van der Waals surface area contributed by atoms with Crippen LogP contribution in [0.5, 0.6) is 0 Å². The third-order valence-corrected chi connectivity index (χ3v) is 8.06. The van der Waals surface area contributed by atoms with Gasteiger partial charge >= 0.3 is 6.03 Å². The molecule has 2 aliphatic heterocycles. The quantitative estimate of drug-likeness (QED) is 0.468. The van der Waals surface area contributed by atoms with Gasteiger partial charge in [-0.25, -0.2) is 4.79 Å². The average molecular weight is 540 g/mol. The fourth-order valence-electron chi connectivity index (χ4n) is 5.59. The van der Waals surface area contributed by atoms with Crippen LogP contribution in [0.3, 0.4) is 0 Å². The van der Waals surface area contributed by atoms with E-state index in [9.17, 15) is 9.59 Å². The molecule has 2 aromatic heterocycles. The molecule has 2 fully saturated rings. The molecule has 0 bridgehead atoms. The molecule has 0 unspecified atom stereocenters. The van der Waals surface area contributed by atoms with Crippen LogP contribution in [0.2, 0.25) is 0 Å². The first-order valence-electron chi connectivity index (χ1n) is 11.7. The molecular formula is C24H26BrN7O3. The number of aryl methyl sites for hydroxylation is 2. The van der Waals surface area contributed by atoms with Crippen molar-refractivity contribution in [2.24, 2.45) is 0 Å². The second kappa shape index (κ2) is 8.20. The summed E-state index contributed by atoms with van der Waals surface area (Å²) < 4.78 is 11.1. The van der Waals surface area contributed by atoms with Crippen LogP contribution in [0.15, 0.2) is 47.2 Å². The molecule has 4 atom stereocenters. The third kappa shape index (κ3) is 3.48. The Labute approximate surface area is 210 Å². The largest absolute Gasteiger partial charge is 0.353 e. The molecule has 6 rings (SSSR count). The molecule has 1 saturated heterocycles. The lowest BCUT2D eigenvalue weighted by Crippen LogP contribution is -2.57. The molecule has 3 aliphatic rings. The summed E-state index contributed by atoms with van der Waals surface area (Å²) in [6, 6.07) is 11.0. The number of halogens is 1. The number of benzene rings is 1. The van der Waals surface area contributed by atoms with Gasteiger partial charge in [-0.15, -0.1) is 5.10 Å². The molecule has 3 aromatic rings. The van der Waals surface area contributed by atoms with Gasteiger partial charge in [-0.3, -0.25) is 14.4 Å². The fourth-order valence-corrected chi connectivity index (χ4v) is 6.18. The number of fused-ring (bicyclic) bond motifs is 5. The number of aromatic nitrogens is 4. The summed E-state index contributed by atoms with van der Waals surface area (Å²) >= 11 is 3.58. The lowest BCUT2D eigenvalue weighted by molar-refractivity contribution is -0.119. The SMILES string of the molecule is Cc1ccc(-c2cn(CCCO[C@@]34C[C@@H]5[C@@H](NC(=O)c6ccc(Br)n65)[C@@H]3NC(=O)N4C)nn2)cc1. The zero-order valence-corrected chi connectivity index (χ0v) is 21.0. The Morgan fingerprint density at radius 1 is 1.17 bits per heavy atom. The van der Waals surface area contributed by atoms with Crippen LogP contribution in [0.1, 0.15) is 34.9 Å². The van der Waals surface area contributed by atoms with E-state index in [0.29, 0.717) is 31.7 Å². The zero-order chi connectivity index (χ0) is 24.3. The summed E-state index contributed by atoms with van der Waals surface area (Å²) in [5.74, 6) is -0.146. The van der Waals surface area contributed by atoms with Crippen molar-refractivity contribution in [3.8, 4) is 11.3 Å². The highest BCUT2D eigenvalue weighted by Crippen LogP contribution is 2.48. The maximum absolute atomic E-state index is 12.7. The van der Waals surface area contributed by atoms with Gasteiger partial charge in [-0.1, -0.05) is 35.0 Å². The predicted octanol–water partition coefficient (Wildman–Crippen LogP) is 2.70. The minimum atomic E-state index is -0.847. The van der Waals surface area contributed by atoms with E-state index in [1.54, 1.807) is 11.9 Å². The van der Waals surface area contributed by atoms with E-state index in [1.165, 1.54) is 5.56 Å². The second-order valence-corrected chi connectivity index (χ2v) is 10.3. The molecule has 0 radical (unpaired) electrons. The van der Waals surface area contributed by atoms with Crippen LogP contribution < -0.4 is 10.6 Å². The Bertz CT molecular complexity index is 1300. The number of carbonyl (C=O) groups excluding carboxylic acids is 2. The van der Waals surface area contributed by atoms with Crippen LogP contribution in [-0.2, 0) is 11.3 Å². The standard InChI is InChI=1S/C24H26BrN7O3/c1-14-4-6-15(7-5-14)16-13-31(29-28-16)10-3-11-35-24-12-18-20(21(24)27-23(34)30(24)2)26-22(33)17-8-9-19(25)32(17)18/h4-9,13,18,20-21H,3,10-12H2,1-2H3,(H,26,33)(H,27,34)/t18-,20-,21+,24+/m1/s1. The molecule has 11 heteroatoms. The van der Waals surface area contributed by atoms with Crippen molar-refractivity contribution in [3.05, 3.63) is 58.5 Å². The molecule has 4 heterocycles. The minimum absolute atomic E-state index is 0.0347. The van der Waals surface area contributed by atoms with E-state index in [2.05, 4.69) is 55.9 Å². The Morgan fingerprint density at radius 2 is 1.97 bits per heavy atom. The first-order valence-corrected chi connectivity index (χ1v) is 12.5. The van der Waals surface area contributed by atoms with Gasteiger partial charge in [0.15, 0.2) is 5.72 Å². The maximum Gasteiger partial charge on any atom is 0.319 e. The Morgan fingerprint density at radius 3 is 2.77 bits per heavy atom. The van der Waals surface area contributed by atoms with Gasteiger partial charge in [-0.05, 0) is 41.4 Å². The predicted molar refractivity (Wildman–Crippen MR) is 131 cm³/mol. The zero-order valence-electron chi connectivity index (χ0n) is 19.4. The first-order chi connectivity index (χ1) is 16.9. The van der Waals surface area contributed by atoms with Crippen molar-refractivity contribution in [2.45, 2.75) is 50.2 Å². The molecule has 1 aromatic carbocycles. The van der Waals surface area contributed by atoms with Gasteiger partial charge in [0.1, 0.15) is 17.4 Å². The topological polar surface area (TPSA) is 106 Å². The smallest absolute Gasteiger partial charge is 0.319 e. The summed E-state index contributed by atoms with van der Waals surface area (Å²) in [4.78, 5) is 27.0. The Kier molecular flexibility index (Phi) is 5.22. The molecule has 182 valence electrons. The minimum Gasteiger partial charge on any atom is -0.353 e. The van der Waals surface area contributed by atoms with Crippen LogP contribution in [0.25, 0.3) is 11.3 Å². The van der Waals surface area contributed by atoms with Gasteiger partial charge in [0.25, 0.3) is 5.91 Å². The van der Waals surface area contributed by atoms with E-state index >= 15 is 0 Å².